The van der Waals surface area contributed by atoms with E-state index < -0.39 is 0 Å². The normalized spacial score (nSPS) is 15.0. The monoisotopic (exact) mass is 298 g/mol. The van der Waals surface area contributed by atoms with Crippen molar-refractivity contribution in [2.24, 2.45) is 0 Å². The lowest BCUT2D eigenvalue weighted by atomic mass is 10.1. The Kier molecular flexibility index (Phi) is 4.53. The lowest BCUT2D eigenvalue weighted by Crippen LogP contribution is -2.44. The van der Waals surface area contributed by atoms with Crippen molar-refractivity contribution in [2.45, 2.75) is 19.8 Å². The van der Waals surface area contributed by atoms with Crippen LogP contribution in [0, 0.1) is 0 Å². The molecule has 116 valence electrons. The first kappa shape index (κ1) is 14.8. The van der Waals surface area contributed by atoms with E-state index >= 15 is 0 Å². The summed E-state index contributed by atoms with van der Waals surface area (Å²) in [6, 6.07) is 10.2. The maximum Gasteiger partial charge on any atom is 0.225 e. The van der Waals surface area contributed by atoms with Gasteiger partial charge in [-0.15, -0.1) is 0 Å². The Balaban J connectivity index is 1.98. The number of anilines is 2. The number of benzene rings is 1. The number of rotatable bonds is 4. The molecule has 22 heavy (non-hydrogen) atoms. The molecule has 0 aliphatic carbocycles. The zero-order valence-electron chi connectivity index (χ0n) is 12.9. The van der Waals surface area contributed by atoms with Crippen molar-refractivity contribution < 1.29 is 4.79 Å². The highest BCUT2D eigenvalue weighted by Crippen LogP contribution is 2.28. The molecule has 2 heterocycles. The highest BCUT2D eigenvalue weighted by Gasteiger charge is 2.16. The highest BCUT2D eigenvalue weighted by molar-refractivity contribution is 5.97. The van der Waals surface area contributed by atoms with E-state index in [1.807, 2.05) is 25.1 Å². The molecule has 0 radical (unpaired) electrons. The van der Waals surface area contributed by atoms with Gasteiger partial charge in [0.2, 0.25) is 5.91 Å². The molecular formula is C17H22N4O. The summed E-state index contributed by atoms with van der Waals surface area (Å²) in [4.78, 5) is 18.9. The maximum atomic E-state index is 11.9. The maximum absolute atomic E-state index is 11.9. The molecule has 5 nitrogen and oxygen atoms in total. The van der Waals surface area contributed by atoms with Crippen molar-refractivity contribution in [1.82, 2.24) is 10.3 Å². The number of fused-ring (bicyclic) bond motifs is 1. The van der Waals surface area contributed by atoms with Gasteiger partial charge in [0, 0.05) is 38.0 Å². The lowest BCUT2D eigenvalue weighted by molar-refractivity contribution is -0.116. The molecular weight excluding hydrogens is 276 g/mol. The Labute approximate surface area is 130 Å². The van der Waals surface area contributed by atoms with E-state index in [1.165, 1.54) is 0 Å². The fraction of sp³-hybridized carbons (Fsp3) is 0.412. The van der Waals surface area contributed by atoms with Crippen LogP contribution in [0.2, 0.25) is 0 Å². The van der Waals surface area contributed by atoms with Crippen molar-refractivity contribution in [2.75, 3.05) is 36.4 Å². The second-order valence-corrected chi connectivity index (χ2v) is 5.59. The Morgan fingerprint density at radius 3 is 2.86 bits per heavy atom. The zero-order chi connectivity index (χ0) is 15.4. The number of nitrogens with one attached hydrogen (secondary N) is 2. The van der Waals surface area contributed by atoms with Crippen molar-refractivity contribution in [3.8, 4) is 0 Å². The van der Waals surface area contributed by atoms with Crippen LogP contribution in [-0.4, -0.2) is 37.1 Å². The number of hydrogen-bond acceptors (Lipinski definition) is 4. The van der Waals surface area contributed by atoms with E-state index in [0.717, 1.165) is 49.2 Å². The first-order valence-corrected chi connectivity index (χ1v) is 7.93. The third-order valence-corrected chi connectivity index (χ3v) is 3.88. The molecule has 0 spiro atoms. The van der Waals surface area contributed by atoms with Gasteiger partial charge in [-0.05, 0) is 17.9 Å². The zero-order valence-corrected chi connectivity index (χ0v) is 12.9. The summed E-state index contributed by atoms with van der Waals surface area (Å²) in [6.45, 7) is 5.79. The van der Waals surface area contributed by atoms with E-state index in [-0.39, 0.29) is 5.91 Å². The molecule has 0 unspecified atom stereocenters. The average Bonchev–Trinajstić information content (AvgIpc) is 2.55. The first-order chi connectivity index (χ1) is 10.8. The Morgan fingerprint density at radius 2 is 2.09 bits per heavy atom. The van der Waals surface area contributed by atoms with Crippen LogP contribution in [0.4, 0.5) is 11.6 Å². The number of hydrogen-bond donors (Lipinski definition) is 2. The molecule has 1 fully saturated rings. The second-order valence-electron chi connectivity index (χ2n) is 5.59. The molecule has 2 aromatic rings. The predicted molar refractivity (Wildman–Crippen MR) is 90.4 cm³/mol. The summed E-state index contributed by atoms with van der Waals surface area (Å²) < 4.78 is 0. The topological polar surface area (TPSA) is 57.3 Å². The smallest absolute Gasteiger partial charge is 0.225 e. The van der Waals surface area contributed by atoms with E-state index in [9.17, 15) is 4.79 Å². The van der Waals surface area contributed by atoms with Crippen LogP contribution < -0.4 is 15.5 Å². The molecule has 1 aliphatic rings. The van der Waals surface area contributed by atoms with Crippen LogP contribution in [0.15, 0.2) is 30.3 Å². The van der Waals surface area contributed by atoms with Crippen LogP contribution in [0.25, 0.3) is 10.8 Å². The average molecular weight is 298 g/mol. The number of carbonyl (C=O) groups excluding carboxylic acids is 1. The molecule has 2 N–H and O–H groups in total. The molecule has 1 amide bonds. The summed E-state index contributed by atoms with van der Waals surface area (Å²) in [5.41, 5.74) is 0. The number of piperazine rings is 1. The summed E-state index contributed by atoms with van der Waals surface area (Å²) in [6.07, 6.45) is 1.36. The number of pyridine rings is 1. The summed E-state index contributed by atoms with van der Waals surface area (Å²) in [5.74, 6) is 1.63. The summed E-state index contributed by atoms with van der Waals surface area (Å²) in [7, 11) is 0. The molecule has 1 aromatic heterocycles. The van der Waals surface area contributed by atoms with Gasteiger partial charge in [0.15, 0.2) is 0 Å². The van der Waals surface area contributed by atoms with E-state index in [4.69, 9.17) is 4.98 Å². The van der Waals surface area contributed by atoms with Gasteiger partial charge < -0.3 is 15.5 Å². The molecule has 0 atom stereocenters. The van der Waals surface area contributed by atoms with Gasteiger partial charge in [-0.2, -0.15) is 0 Å². The largest absolute Gasteiger partial charge is 0.353 e. The lowest BCUT2D eigenvalue weighted by Gasteiger charge is -2.29. The summed E-state index contributed by atoms with van der Waals surface area (Å²) >= 11 is 0. The molecule has 3 rings (SSSR count). The predicted octanol–water partition coefficient (Wildman–Crippen LogP) is 2.38. The first-order valence-electron chi connectivity index (χ1n) is 7.93. The molecule has 5 heteroatoms. The quantitative estimate of drug-likeness (QED) is 0.910. The summed E-state index contributed by atoms with van der Waals surface area (Å²) in [5, 5.41) is 8.53. The van der Waals surface area contributed by atoms with Gasteiger partial charge in [0.05, 0.1) is 0 Å². The van der Waals surface area contributed by atoms with Crippen LogP contribution in [0.3, 0.4) is 0 Å². The van der Waals surface area contributed by atoms with Crippen LogP contribution >= 0.6 is 0 Å². The SMILES string of the molecule is CCCC(=O)Nc1cc2ccccc2c(N2CCNCC2)n1. The minimum Gasteiger partial charge on any atom is -0.353 e. The molecule has 0 saturated carbocycles. The van der Waals surface area contributed by atoms with Crippen LogP contribution in [-0.2, 0) is 4.79 Å². The third-order valence-electron chi connectivity index (χ3n) is 3.88. The van der Waals surface area contributed by atoms with Gasteiger partial charge in [-0.3, -0.25) is 4.79 Å². The van der Waals surface area contributed by atoms with Crippen molar-refractivity contribution in [3.63, 3.8) is 0 Å². The van der Waals surface area contributed by atoms with Crippen molar-refractivity contribution in [1.29, 1.82) is 0 Å². The van der Waals surface area contributed by atoms with Gasteiger partial charge in [0.25, 0.3) is 0 Å². The number of amides is 1. The van der Waals surface area contributed by atoms with Crippen LogP contribution in [0.1, 0.15) is 19.8 Å². The number of nitrogens with zero attached hydrogens (tertiary/aromatic N) is 2. The van der Waals surface area contributed by atoms with Gasteiger partial charge >= 0.3 is 0 Å². The van der Waals surface area contributed by atoms with E-state index in [0.29, 0.717) is 12.2 Å². The molecule has 0 bridgehead atoms. The highest BCUT2D eigenvalue weighted by atomic mass is 16.1. The minimum absolute atomic E-state index is 0.0246. The van der Waals surface area contributed by atoms with Crippen molar-refractivity contribution >= 4 is 28.3 Å². The standard InChI is InChI=1S/C17H22N4O/c1-2-5-16(22)19-15-12-13-6-3-4-7-14(13)17(20-15)21-10-8-18-9-11-21/h3-4,6-7,12,18H,2,5,8-11H2,1H3,(H,19,20,22). The fourth-order valence-electron chi connectivity index (χ4n) is 2.79. The van der Waals surface area contributed by atoms with E-state index in [2.05, 4.69) is 27.7 Å². The van der Waals surface area contributed by atoms with Gasteiger partial charge in [0.1, 0.15) is 11.6 Å². The molecule has 1 aliphatic heterocycles. The van der Waals surface area contributed by atoms with Gasteiger partial charge in [-0.25, -0.2) is 4.98 Å². The fourth-order valence-corrected chi connectivity index (χ4v) is 2.79. The number of aromatic nitrogens is 1. The molecule has 1 aromatic carbocycles. The van der Waals surface area contributed by atoms with Gasteiger partial charge in [-0.1, -0.05) is 31.2 Å². The Morgan fingerprint density at radius 1 is 1.32 bits per heavy atom. The third kappa shape index (κ3) is 3.20. The molecule has 1 saturated heterocycles. The van der Waals surface area contributed by atoms with Crippen LogP contribution in [0.5, 0.6) is 0 Å². The Bertz CT molecular complexity index is 665. The second kappa shape index (κ2) is 6.75. The minimum atomic E-state index is 0.0246. The Hall–Kier alpha value is -2.14. The van der Waals surface area contributed by atoms with Crippen molar-refractivity contribution in [3.05, 3.63) is 30.3 Å². The van der Waals surface area contributed by atoms with E-state index in [1.54, 1.807) is 0 Å². The number of carbonyl (C=O) groups is 1.